The third-order valence-corrected chi connectivity index (χ3v) is 4.49. The minimum absolute atomic E-state index is 0.155. The fraction of sp³-hybridized carbons (Fsp3) is 0.368. The molecule has 1 aromatic rings. The Kier molecular flexibility index (Phi) is 5.66. The average molecular weight is 371 g/mol. The second-order valence-corrected chi connectivity index (χ2v) is 6.37. The summed E-state index contributed by atoms with van der Waals surface area (Å²) >= 11 is 0. The van der Waals surface area contributed by atoms with Gasteiger partial charge in [-0.25, -0.2) is 0 Å². The van der Waals surface area contributed by atoms with Crippen molar-refractivity contribution in [1.82, 2.24) is 10.2 Å². The van der Waals surface area contributed by atoms with Crippen LogP contribution in [0.2, 0.25) is 0 Å². The lowest BCUT2D eigenvalue weighted by atomic mass is 10.1. The van der Waals surface area contributed by atoms with Crippen molar-refractivity contribution in [3.63, 3.8) is 0 Å². The normalized spacial score (nSPS) is 18.7. The molecule has 2 aliphatic rings. The van der Waals surface area contributed by atoms with Gasteiger partial charge < -0.3 is 10.5 Å². The first-order chi connectivity index (χ1) is 13.0. The number of benzene rings is 1. The number of fused-ring (bicyclic) bond motifs is 1. The summed E-state index contributed by atoms with van der Waals surface area (Å²) in [6.07, 6.45) is 6.13. The van der Waals surface area contributed by atoms with Crippen LogP contribution in [0.5, 0.6) is 5.75 Å². The largest absolute Gasteiger partial charge is 0.493 e. The summed E-state index contributed by atoms with van der Waals surface area (Å²) in [5.41, 5.74) is 5.81. The topological polar surface area (TPSA) is 119 Å². The van der Waals surface area contributed by atoms with Crippen LogP contribution in [0.3, 0.4) is 0 Å². The molecular formula is C19H21N3O5. The molecule has 142 valence electrons. The predicted octanol–water partition coefficient (Wildman–Crippen LogP) is 0.762. The van der Waals surface area contributed by atoms with E-state index in [9.17, 15) is 19.2 Å². The minimum Gasteiger partial charge on any atom is -0.493 e. The fourth-order valence-corrected chi connectivity index (χ4v) is 3.13. The van der Waals surface area contributed by atoms with Crippen molar-refractivity contribution in [2.24, 2.45) is 5.73 Å². The number of nitrogens with zero attached hydrogens (tertiary/aromatic N) is 1. The summed E-state index contributed by atoms with van der Waals surface area (Å²) in [6, 6.07) is 3.64. The smallest absolute Gasteiger partial charge is 0.266 e. The van der Waals surface area contributed by atoms with Gasteiger partial charge in [0, 0.05) is 6.08 Å². The Bertz CT molecular complexity index is 818. The molecule has 2 aliphatic heterocycles. The van der Waals surface area contributed by atoms with Crippen molar-refractivity contribution in [2.45, 2.75) is 31.7 Å². The number of ether oxygens (including phenoxy) is 1. The second-order valence-electron chi connectivity index (χ2n) is 6.37. The molecule has 3 rings (SSSR count). The van der Waals surface area contributed by atoms with E-state index in [4.69, 9.17) is 10.5 Å². The predicted molar refractivity (Wildman–Crippen MR) is 96.0 cm³/mol. The van der Waals surface area contributed by atoms with E-state index in [1.165, 1.54) is 12.1 Å². The van der Waals surface area contributed by atoms with Crippen LogP contribution in [0.4, 0.5) is 0 Å². The molecule has 0 aromatic heterocycles. The van der Waals surface area contributed by atoms with Gasteiger partial charge in [-0.05, 0) is 37.6 Å². The van der Waals surface area contributed by atoms with E-state index in [0.717, 1.165) is 36.7 Å². The molecule has 3 N–H and O–H groups in total. The number of nitrogens with two attached hydrogens (primary N) is 1. The number of carbonyl (C=O) groups excluding carboxylic acids is 4. The molecule has 1 aromatic carbocycles. The van der Waals surface area contributed by atoms with E-state index in [-0.39, 0.29) is 11.1 Å². The maximum Gasteiger partial charge on any atom is 0.266 e. The van der Waals surface area contributed by atoms with E-state index < -0.39 is 29.7 Å². The summed E-state index contributed by atoms with van der Waals surface area (Å²) in [6.45, 7) is 1.08. The van der Waals surface area contributed by atoms with Crippen LogP contribution in [0, 0.1) is 0 Å². The van der Waals surface area contributed by atoms with E-state index in [1.807, 2.05) is 0 Å². The number of amides is 4. The van der Waals surface area contributed by atoms with Crippen molar-refractivity contribution in [3.8, 4) is 5.75 Å². The number of hydrogen-bond donors (Lipinski definition) is 2. The Labute approximate surface area is 156 Å². The van der Waals surface area contributed by atoms with Crippen LogP contribution in [0.15, 0.2) is 30.4 Å². The van der Waals surface area contributed by atoms with Crippen LogP contribution in [-0.2, 0) is 9.59 Å². The lowest BCUT2D eigenvalue weighted by Crippen LogP contribution is -2.51. The number of imide groups is 2. The minimum atomic E-state index is -1.15. The summed E-state index contributed by atoms with van der Waals surface area (Å²) in [4.78, 5) is 49.7. The van der Waals surface area contributed by atoms with Gasteiger partial charge in [0.1, 0.15) is 11.8 Å². The molecule has 8 heteroatoms. The van der Waals surface area contributed by atoms with Gasteiger partial charge in [0.2, 0.25) is 5.91 Å². The zero-order valence-corrected chi connectivity index (χ0v) is 14.8. The molecule has 0 aliphatic carbocycles. The zero-order valence-electron chi connectivity index (χ0n) is 14.8. The van der Waals surface area contributed by atoms with E-state index >= 15 is 0 Å². The molecule has 0 saturated carbocycles. The fourth-order valence-electron chi connectivity index (χ4n) is 3.13. The van der Waals surface area contributed by atoms with Crippen LogP contribution in [0.1, 0.15) is 46.4 Å². The Morgan fingerprint density at radius 3 is 2.56 bits per heavy atom. The Balaban J connectivity index is 1.75. The van der Waals surface area contributed by atoms with Gasteiger partial charge in [-0.1, -0.05) is 18.9 Å². The lowest BCUT2D eigenvalue weighted by molar-refractivity contribution is -0.130. The van der Waals surface area contributed by atoms with Crippen LogP contribution in [-0.4, -0.2) is 47.7 Å². The number of unbranched alkanes of at least 4 members (excludes halogenated alkanes) is 3. The molecule has 1 unspecified atom stereocenters. The highest BCUT2D eigenvalue weighted by molar-refractivity contribution is 6.25. The van der Waals surface area contributed by atoms with Gasteiger partial charge in [-0.3, -0.25) is 29.4 Å². The first kappa shape index (κ1) is 18.8. The monoisotopic (exact) mass is 371 g/mol. The summed E-state index contributed by atoms with van der Waals surface area (Å²) in [5.74, 6) is -2.15. The van der Waals surface area contributed by atoms with Gasteiger partial charge in [-0.2, -0.15) is 0 Å². The third-order valence-electron chi connectivity index (χ3n) is 4.49. The molecule has 8 nitrogen and oxygen atoms in total. The Morgan fingerprint density at radius 2 is 1.81 bits per heavy atom. The van der Waals surface area contributed by atoms with Crippen molar-refractivity contribution in [2.75, 3.05) is 13.2 Å². The average Bonchev–Trinajstić information content (AvgIpc) is 2.90. The number of carbonyl (C=O) groups is 4. The van der Waals surface area contributed by atoms with Crippen LogP contribution >= 0.6 is 0 Å². The highest BCUT2D eigenvalue weighted by Crippen LogP contribution is 2.33. The quantitative estimate of drug-likeness (QED) is 0.514. The Hall–Kier alpha value is -3.00. The molecule has 4 amide bonds. The van der Waals surface area contributed by atoms with Crippen molar-refractivity contribution in [3.05, 3.63) is 41.5 Å². The maximum atomic E-state index is 12.8. The maximum absolute atomic E-state index is 12.8. The third kappa shape index (κ3) is 3.75. The van der Waals surface area contributed by atoms with E-state index in [2.05, 4.69) is 5.32 Å². The van der Waals surface area contributed by atoms with Crippen LogP contribution in [0.25, 0.3) is 0 Å². The number of hydrogen-bond acceptors (Lipinski definition) is 6. The lowest BCUT2D eigenvalue weighted by Gasteiger charge is -2.24. The Morgan fingerprint density at radius 1 is 1.04 bits per heavy atom. The first-order valence-electron chi connectivity index (χ1n) is 8.91. The summed E-state index contributed by atoms with van der Waals surface area (Å²) in [5, 5.41) is 2.10. The molecule has 0 fully saturated rings. The highest BCUT2D eigenvalue weighted by atomic mass is 16.5. The van der Waals surface area contributed by atoms with Gasteiger partial charge >= 0.3 is 0 Å². The zero-order chi connectivity index (χ0) is 19.4. The van der Waals surface area contributed by atoms with Gasteiger partial charge in [0.15, 0.2) is 0 Å². The van der Waals surface area contributed by atoms with Crippen molar-refractivity contribution < 1.29 is 23.9 Å². The number of rotatable bonds is 8. The molecular weight excluding hydrogens is 350 g/mol. The summed E-state index contributed by atoms with van der Waals surface area (Å²) in [7, 11) is 0. The highest BCUT2D eigenvalue weighted by Gasteiger charge is 2.44. The number of nitrogens with one attached hydrogen (secondary N) is 1. The summed E-state index contributed by atoms with van der Waals surface area (Å²) < 4.78 is 5.72. The standard InChI is InChI=1S/C19H21N3O5/c20-10-3-1-2-4-11-27-14-7-5-6-12-16(14)19(26)22(18(12)25)13-8-9-15(23)21-17(13)24/h5-9,13H,1-4,10-11,20H2,(H,21,23,24). The van der Waals surface area contributed by atoms with Crippen molar-refractivity contribution in [1.29, 1.82) is 0 Å². The van der Waals surface area contributed by atoms with E-state index in [0.29, 0.717) is 18.9 Å². The molecule has 0 bridgehead atoms. The molecule has 27 heavy (non-hydrogen) atoms. The molecule has 2 heterocycles. The van der Waals surface area contributed by atoms with Gasteiger partial charge in [0.05, 0.1) is 17.7 Å². The van der Waals surface area contributed by atoms with Gasteiger partial charge in [0.25, 0.3) is 17.7 Å². The van der Waals surface area contributed by atoms with Crippen molar-refractivity contribution >= 4 is 23.6 Å². The van der Waals surface area contributed by atoms with Gasteiger partial charge in [-0.15, -0.1) is 0 Å². The molecule has 0 radical (unpaired) electrons. The molecule has 0 spiro atoms. The molecule has 1 atom stereocenters. The molecule has 0 saturated heterocycles. The SMILES string of the molecule is NCCCCCCOc1cccc2c1C(=O)N(C1C=CC(=O)NC1=O)C2=O. The second kappa shape index (κ2) is 8.13. The van der Waals surface area contributed by atoms with E-state index in [1.54, 1.807) is 12.1 Å². The first-order valence-corrected chi connectivity index (χ1v) is 8.91. The van der Waals surface area contributed by atoms with Crippen LogP contribution < -0.4 is 15.8 Å².